The van der Waals surface area contributed by atoms with E-state index in [2.05, 4.69) is 10.0 Å². The smallest absolute Gasteiger partial charge is 0.243 e. The molecule has 4 nitrogen and oxygen atoms in total. The first-order chi connectivity index (χ1) is 8.90. The van der Waals surface area contributed by atoms with Gasteiger partial charge >= 0.3 is 0 Å². The first-order valence-electron chi connectivity index (χ1n) is 6.11. The van der Waals surface area contributed by atoms with Crippen LogP contribution in [0.4, 0.5) is 8.78 Å². The van der Waals surface area contributed by atoms with Crippen LogP contribution < -0.4 is 10.0 Å². The molecule has 2 N–H and O–H groups in total. The molecule has 0 aliphatic carbocycles. The van der Waals surface area contributed by atoms with Crippen molar-refractivity contribution in [2.45, 2.75) is 36.7 Å². The van der Waals surface area contributed by atoms with Gasteiger partial charge in [0.25, 0.3) is 0 Å². The predicted molar refractivity (Wildman–Crippen MR) is 67.2 cm³/mol. The van der Waals surface area contributed by atoms with Gasteiger partial charge in [-0.05, 0) is 38.4 Å². The fourth-order valence-corrected chi connectivity index (χ4v) is 3.57. The number of hydrogen-bond acceptors (Lipinski definition) is 3. The minimum absolute atomic E-state index is 0.0213. The van der Waals surface area contributed by atoms with Gasteiger partial charge in [0.2, 0.25) is 10.0 Å². The summed E-state index contributed by atoms with van der Waals surface area (Å²) in [5, 5.41) is 3.15. The molecule has 7 heteroatoms. The highest BCUT2D eigenvalue weighted by atomic mass is 32.2. The second-order valence-corrected chi connectivity index (χ2v) is 6.37. The quantitative estimate of drug-likeness (QED) is 0.884. The van der Waals surface area contributed by atoms with Crippen LogP contribution in [0.5, 0.6) is 0 Å². The van der Waals surface area contributed by atoms with Crippen LogP contribution in [0.15, 0.2) is 23.1 Å². The normalized spacial score (nSPS) is 24.4. The highest BCUT2D eigenvalue weighted by Gasteiger charge is 2.28. The monoisotopic (exact) mass is 290 g/mol. The van der Waals surface area contributed by atoms with Crippen LogP contribution in [0.2, 0.25) is 0 Å². The van der Waals surface area contributed by atoms with E-state index in [0.29, 0.717) is 12.5 Å². The number of halogens is 2. The molecule has 2 rings (SSSR count). The molecule has 0 spiro atoms. The second kappa shape index (κ2) is 5.52. The van der Waals surface area contributed by atoms with Gasteiger partial charge in [-0.3, -0.25) is 0 Å². The molecule has 19 heavy (non-hydrogen) atoms. The maximum atomic E-state index is 13.5. The Morgan fingerprint density at radius 2 is 2.11 bits per heavy atom. The molecule has 1 aliphatic heterocycles. The summed E-state index contributed by atoms with van der Waals surface area (Å²) in [4.78, 5) is -0.522. The Labute approximate surface area is 111 Å². The lowest BCUT2D eigenvalue weighted by molar-refractivity contribution is 0.348. The Hall–Kier alpha value is -1.05. The Bertz CT molecular complexity index is 563. The van der Waals surface area contributed by atoms with Crippen LogP contribution >= 0.6 is 0 Å². The molecule has 1 aliphatic rings. The zero-order chi connectivity index (χ0) is 14.0. The van der Waals surface area contributed by atoms with E-state index in [9.17, 15) is 17.2 Å². The summed E-state index contributed by atoms with van der Waals surface area (Å²) in [7, 11) is -3.97. The fourth-order valence-electron chi connectivity index (χ4n) is 2.16. The highest BCUT2D eigenvalue weighted by molar-refractivity contribution is 7.89. The summed E-state index contributed by atoms with van der Waals surface area (Å²) < 4.78 is 52.9. The van der Waals surface area contributed by atoms with Crippen molar-refractivity contribution in [3.05, 3.63) is 29.8 Å². The van der Waals surface area contributed by atoms with E-state index < -0.39 is 26.6 Å². The van der Waals surface area contributed by atoms with Gasteiger partial charge in [-0.2, -0.15) is 0 Å². The lowest BCUT2D eigenvalue weighted by Crippen LogP contribution is -2.51. The number of piperidine rings is 1. The highest BCUT2D eigenvalue weighted by Crippen LogP contribution is 2.18. The van der Waals surface area contributed by atoms with Gasteiger partial charge in [0, 0.05) is 18.2 Å². The minimum Gasteiger partial charge on any atom is -0.313 e. The molecule has 0 aromatic heterocycles. The van der Waals surface area contributed by atoms with Crippen LogP contribution in [0.25, 0.3) is 0 Å². The van der Waals surface area contributed by atoms with Crippen molar-refractivity contribution in [2.24, 2.45) is 0 Å². The summed E-state index contributed by atoms with van der Waals surface area (Å²) in [5.74, 6) is -1.88. The van der Waals surface area contributed by atoms with Gasteiger partial charge in [-0.1, -0.05) is 0 Å². The van der Waals surface area contributed by atoms with Crippen LogP contribution in [0.3, 0.4) is 0 Å². The van der Waals surface area contributed by atoms with E-state index in [0.717, 1.165) is 25.1 Å². The Kier molecular flexibility index (Phi) is 4.17. The van der Waals surface area contributed by atoms with Crippen LogP contribution in [-0.4, -0.2) is 27.0 Å². The van der Waals surface area contributed by atoms with Crippen molar-refractivity contribution < 1.29 is 17.2 Å². The average Bonchev–Trinajstić information content (AvgIpc) is 2.31. The van der Waals surface area contributed by atoms with Gasteiger partial charge in [-0.25, -0.2) is 21.9 Å². The molecule has 106 valence electrons. The topological polar surface area (TPSA) is 58.2 Å². The second-order valence-electron chi connectivity index (χ2n) is 4.69. The van der Waals surface area contributed by atoms with Crippen molar-refractivity contribution in [3.8, 4) is 0 Å². The standard InChI is InChI=1S/C12H16F2N2O2S/c1-8-11(3-2-6-15-8)16-19(17,18)12-5-4-9(13)7-10(12)14/h4-5,7-8,11,15-16H,2-3,6H2,1H3/t8-,11+/m0/s1. The summed E-state index contributed by atoms with van der Waals surface area (Å²) >= 11 is 0. The zero-order valence-electron chi connectivity index (χ0n) is 10.5. The molecule has 1 heterocycles. The van der Waals surface area contributed by atoms with Gasteiger partial charge in [0.1, 0.15) is 16.5 Å². The number of nitrogens with one attached hydrogen (secondary N) is 2. The summed E-state index contributed by atoms with van der Waals surface area (Å²) in [6.07, 6.45) is 1.54. The third-order valence-electron chi connectivity index (χ3n) is 3.25. The van der Waals surface area contributed by atoms with Gasteiger partial charge < -0.3 is 5.32 Å². The number of rotatable bonds is 3. The maximum absolute atomic E-state index is 13.5. The first-order valence-corrected chi connectivity index (χ1v) is 7.59. The van der Waals surface area contributed by atoms with Crippen LogP contribution in [-0.2, 0) is 10.0 Å². The third kappa shape index (κ3) is 3.29. The van der Waals surface area contributed by atoms with Crippen molar-refractivity contribution in [1.29, 1.82) is 0 Å². The third-order valence-corrected chi connectivity index (χ3v) is 4.77. The summed E-state index contributed by atoms with van der Waals surface area (Å²) in [5.41, 5.74) is 0. The minimum atomic E-state index is -3.97. The Morgan fingerprint density at radius 3 is 2.74 bits per heavy atom. The van der Waals surface area contributed by atoms with Crippen molar-refractivity contribution in [2.75, 3.05) is 6.54 Å². The summed E-state index contributed by atoms with van der Waals surface area (Å²) in [6.45, 7) is 2.71. The molecule has 0 radical (unpaired) electrons. The van der Waals surface area contributed by atoms with E-state index in [1.165, 1.54) is 0 Å². The number of hydrogen-bond donors (Lipinski definition) is 2. The molecule has 1 aromatic rings. The lowest BCUT2D eigenvalue weighted by Gasteiger charge is -2.30. The molecule has 2 atom stereocenters. The number of sulfonamides is 1. The van der Waals surface area contributed by atoms with Crippen LogP contribution in [0.1, 0.15) is 19.8 Å². The molecule has 1 fully saturated rings. The maximum Gasteiger partial charge on any atom is 0.243 e. The Balaban J connectivity index is 2.22. The zero-order valence-corrected chi connectivity index (χ0v) is 11.3. The van der Waals surface area contributed by atoms with Gasteiger partial charge in [0.15, 0.2) is 0 Å². The van der Waals surface area contributed by atoms with E-state index in [1.807, 2.05) is 6.92 Å². The predicted octanol–water partition coefficient (Wildman–Crippen LogP) is 1.38. The summed E-state index contributed by atoms with van der Waals surface area (Å²) in [6, 6.07) is 2.13. The lowest BCUT2D eigenvalue weighted by atomic mass is 10.0. The van der Waals surface area contributed by atoms with E-state index in [-0.39, 0.29) is 12.1 Å². The average molecular weight is 290 g/mol. The molecule has 1 saturated heterocycles. The van der Waals surface area contributed by atoms with Crippen molar-refractivity contribution >= 4 is 10.0 Å². The largest absolute Gasteiger partial charge is 0.313 e. The molecule has 0 unspecified atom stereocenters. The molecular formula is C12H16F2N2O2S. The van der Waals surface area contributed by atoms with E-state index in [4.69, 9.17) is 0 Å². The van der Waals surface area contributed by atoms with Crippen molar-refractivity contribution in [1.82, 2.24) is 10.0 Å². The van der Waals surface area contributed by atoms with Crippen LogP contribution in [0, 0.1) is 11.6 Å². The molecule has 0 bridgehead atoms. The molecular weight excluding hydrogens is 274 g/mol. The van der Waals surface area contributed by atoms with E-state index >= 15 is 0 Å². The van der Waals surface area contributed by atoms with Gasteiger partial charge in [0.05, 0.1) is 0 Å². The van der Waals surface area contributed by atoms with Crippen molar-refractivity contribution in [3.63, 3.8) is 0 Å². The first kappa shape index (κ1) is 14.4. The molecule has 0 saturated carbocycles. The molecule has 1 aromatic carbocycles. The van der Waals surface area contributed by atoms with Gasteiger partial charge in [-0.15, -0.1) is 0 Å². The Morgan fingerprint density at radius 1 is 1.37 bits per heavy atom. The number of benzene rings is 1. The SMILES string of the molecule is C[C@@H]1NCCC[C@H]1NS(=O)(=O)c1ccc(F)cc1F. The molecule has 0 amide bonds. The fraction of sp³-hybridized carbons (Fsp3) is 0.500. The van der Waals surface area contributed by atoms with E-state index in [1.54, 1.807) is 0 Å².